The van der Waals surface area contributed by atoms with Crippen LogP contribution in [0.3, 0.4) is 0 Å². The summed E-state index contributed by atoms with van der Waals surface area (Å²) in [4.78, 5) is 42.0. The van der Waals surface area contributed by atoms with Crippen LogP contribution in [-0.4, -0.2) is 29.3 Å². The minimum Gasteiger partial charge on any atom is -0.343 e. The quantitative estimate of drug-likeness (QED) is 0.383. The molecular weight excluding hydrogens is 458 g/mol. The van der Waals surface area contributed by atoms with Crippen LogP contribution < -0.4 is 10.6 Å². The fourth-order valence-corrected chi connectivity index (χ4v) is 5.23. The van der Waals surface area contributed by atoms with Crippen molar-refractivity contribution < 1.29 is 14.4 Å². The normalized spacial score (nSPS) is 15.5. The number of hydrogen-bond donors (Lipinski definition) is 2. The van der Waals surface area contributed by atoms with E-state index in [4.69, 9.17) is 0 Å². The first kappa shape index (κ1) is 22.6. The van der Waals surface area contributed by atoms with Gasteiger partial charge in [-0.2, -0.15) is 0 Å². The zero-order chi connectivity index (χ0) is 24.3. The number of thiophene rings is 1. The molecule has 1 aromatic heterocycles. The number of benzene rings is 3. The minimum atomic E-state index is -1.40. The molecule has 1 aliphatic heterocycles. The summed E-state index contributed by atoms with van der Waals surface area (Å²) in [7, 11) is 0. The molecule has 7 heteroatoms. The fourth-order valence-electron chi connectivity index (χ4n) is 4.42. The Labute approximate surface area is 207 Å². The van der Waals surface area contributed by atoms with Crippen LogP contribution in [0.5, 0.6) is 0 Å². The summed E-state index contributed by atoms with van der Waals surface area (Å²) in [5.41, 5.74) is 0.789. The van der Waals surface area contributed by atoms with Gasteiger partial charge in [0.25, 0.3) is 5.91 Å². The van der Waals surface area contributed by atoms with Crippen molar-refractivity contribution in [1.82, 2.24) is 15.5 Å². The van der Waals surface area contributed by atoms with Crippen LogP contribution in [-0.2, 0) is 15.1 Å². The van der Waals surface area contributed by atoms with Gasteiger partial charge in [0.15, 0.2) is 5.54 Å². The van der Waals surface area contributed by atoms with Crippen molar-refractivity contribution in [1.29, 1.82) is 0 Å². The highest BCUT2D eigenvalue weighted by atomic mass is 32.1. The van der Waals surface area contributed by atoms with Gasteiger partial charge in [0.05, 0.1) is 6.04 Å². The van der Waals surface area contributed by atoms with E-state index in [9.17, 15) is 14.4 Å². The van der Waals surface area contributed by atoms with Gasteiger partial charge < -0.3 is 10.6 Å². The molecule has 0 saturated carbocycles. The minimum absolute atomic E-state index is 0.377. The highest BCUT2D eigenvalue weighted by molar-refractivity contribution is 7.10. The SMILES string of the molecule is O=C(CN1C(=O)NC(c2ccccc2)(c2ccccc2)C1=O)N[C@@H](c1ccccc1)c1cccs1. The molecule has 0 unspecified atom stereocenters. The zero-order valence-corrected chi connectivity index (χ0v) is 19.6. The molecule has 4 amide bonds. The summed E-state index contributed by atoms with van der Waals surface area (Å²) in [6.07, 6.45) is 0. The molecule has 1 saturated heterocycles. The average Bonchev–Trinajstić information content (AvgIpc) is 3.52. The molecule has 4 aromatic rings. The van der Waals surface area contributed by atoms with Crippen LogP contribution >= 0.6 is 11.3 Å². The predicted octanol–water partition coefficient (Wildman–Crippen LogP) is 4.45. The summed E-state index contributed by atoms with van der Waals surface area (Å²) in [6.45, 7) is -0.388. The number of rotatable bonds is 7. The van der Waals surface area contributed by atoms with Gasteiger partial charge in [-0.3, -0.25) is 14.5 Å². The maximum Gasteiger partial charge on any atom is 0.326 e. The maximum atomic E-state index is 13.8. The molecule has 1 fully saturated rings. The molecule has 0 radical (unpaired) electrons. The molecular formula is C28H23N3O3S. The highest BCUT2D eigenvalue weighted by Gasteiger charge is 2.54. The van der Waals surface area contributed by atoms with Gasteiger partial charge in [-0.25, -0.2) is 4.79 Å². The number of nitrogens with one attached hydrogen (secondary N) is 2. The number of carbonyl (C=O) groups is 3. The Morgan fingerprint density at radius 3 is 1.94 bits per heavy atom. The smallest absolute Gasteiger partial charge is 0.326 e. The average molecular weight is 482 g/mol. The summed E-state index contributed by atoms with van der Waals surface area (Å²) < 4.78 is 0. The fraction of sp³-hybridized carbons (Fsp3) is 0.107. The summed E-state index contributed by atoms with van der Waals surface area (Å²) >= 11 is 1.53. The molecule has 2 N–H and O–H groups in total. The Hall–Kier alpha value is -4.23. The van der Waals surface area contributed by atoms with E-state index in [1.165, 1.54) is 11.3 Å². The van der Waals surface area contributed by atoms with E-state index in [-0.39, 0.29) is 12.6 Å². The molecule has 6 nitrogen and oxygen atoms in total. The molecule has 0 bridgehead atoms. The Balaban J connectivity index is 1.43. The van der Waals surface area contributed by atoms with Crippen molar-refractivity contribution in [2.75, 3.05) is 6.54 Å². The molecule has 5 rings (SSSR count). The lowest BCUT2D eigenvalue weighted by molar-refractivity contribution is -0.134. The number of carbonyl (C=O) groups excluding carboxylic acids is 3. The Morgan fingerprint density at radius 2 is 1.40 bits per heavy atom. The molecule has 1 atom stereocenters. The number of urea groups is 1. The van der Waals surface area contributed by atoms with Gasteiger partial charge >= 0.3 is 6.03 Å². The maximum absolute atomic E-state index is 13.8. The molecule has 1 aliphatic rings. The zero-order valence-electron chi connectivity index (χ0n) is 18.8. The van der Waals surface area contributed by atoms with E-state index >= 15 is 0 Å². The van der Waals surface area contributed by atoms with E-state index < -0.39 is 23.4 Å². The topological polar surface area (TPSA) is 78.5 Å². The Bertz CT molecular complexity index is 1290. The first-order valence-corrected chi connectivity index (χ1v) is 12.1. The second-order valence-corrected chi connectivity index (χ2v) is 9.21. The van der Waals surface area contributed by atoms with Gasteiger partial charge in [-0.1, -0.05) is 97.1 Å². The lowest BCUT2D eigenvalue weighted by Gasteiger charge is -2.28. The monoisotopic (exact) mass is 481 g/mol. The van der Waals surface area contributed by atoms with E-state index in [1.54, 1.807) is 24.3 Å². The van der Waals surface area contributed by atoms with Gasteiger partial charge in [0, 0.05) is 4.88 Å². The third-order valence-corrected chi connectivity index (χ3v) is 7.02. The second-order valence-electron chi connectivity index (χ2n) is 8.23. The Morgan fingerprint density at radius 1 is 0.829 bits per heavy atom. The van der Waals surface area contributed by atoms with Gasteiger partial charge in [-0.05, 0) is 28.1 Å². The second kappa shape index (κ2) is 9.56. The summed E-state index contributed by atoms with van der Waals surface area (Å²) in [5.74, 6) is -0.907. The first-order chi connectivity index (χ1) is 17.1. The number of amides is 4. The van der Waals surface area contributed by atoms with Crippen molar-refractivity contribution in [2.45, 2.75) is 11.6 Å². The van der Waals surface area contributed by atoms with E-state index in [1.807, 2.05) is 84.2 Å². The number of hydrogen-bond acceptors (Lipinski definition) is 4. The summed E-state index contributed by atoms with van der Waals surface area (Å²) in [5, 5.41) is 7.83. The van der Waals surface area contributed by atoms with Crippen molar-refractivity contribution >= 4 is 29.2 Å². The van der Waals surface area contributed by atoms with Crippen LogP contribution in [0, 0.1) is 0 Å². The highest BCUT2D eigenvalue weighted by Crippen LogP contribution is 2.36. The van der Waals surface area contributed by atoms with Crippen LogP contribution in [0.1, 0.15) is 27.6 Å². The molecule has 174 valence electrons. The van der Waals surface area contributed by atoms with Crippen molar-refractivity contribution in [3.63, 3.8) is 0 Å². The van der Waals surface area contributed by atoms with E-state index in [2.05, 4.69) is 10.6 Å². The standard InChI is InChI=1S/C28H23N3O3S/c32-24(29-25(23-17-10-18-35-23)20-11-4-1-5-12-20)19-31-26(33)28(30-27(31)34,21-13-6-2-7-14-21)22-15-8-3-9-16-22/h1-18,25H,19H2,(H,29,32)(H,30,34)/t25-/m0/s1. The van der Waals surface area contributed by atoms with E-state index in [0.29, 0.717) is 11.1 Å². The van der Waals surface area contributed by atoms with Crippen LogP contribution in [0.2, 0.25) is 0 Å². The van der Waals surface area contributed by atoms with Crippen LogP contribution in [0.25, 0.3) is 0 Å². The molecule has 0 aliphatic carbocycles. The Kier molecular flexibility index (Phi) is 6.16. The summed E-state index contributed by atoms with van der Waals surface area (Å²) in [6, 6.07) is 30.7. The number of imide groups is 1. The van der Waals surface area contributed by atoms with Crippen molar-refractivity contribution in [3.05, 3.63) is 130 Å². The van der Waals surface area contributed by atoms with Crippen LogP contribution in [0.4, 0.5) is 4.79 Å². The van der Waals surface area contributed by atoms with Gasteiger partial charge in [0.2, 0.25) is 5.91 Å². The largest absolute Gasteiger partial charge is 0.343 e. The molecule has 3 aromatic carbocycles. The van der Waals surface area contributed by atoms with Crippen LogP contribution in [0.15, 0.2) is 109 Å². The van der Waals surface area contributed by atoms with Crippen molar-refractivity contribution in [2.24, 2.45) is 0 Å². The lowest BCUT2D eigenvalue weighted by atomic mass is 9.82. The predicted molar refractivity (Wildman–Crippen MR) is 135 cm³/mol. The van der Waals surface area contributed by atoms with Gasteiger partial charge in [-0.15, -0.1) is 11.3 Å². The van der Waals surface area contributed by atoms with Gasteiger partial charge in [0.1, 0.15) is 6.54 Å². The molecule has 0 spiro atoms. The molecule has 35 heavy (non-hydrogen) atoms. The number of nitrogens with zero attached hydrogens (tertiary/aromatic N) is 1. The van der Waals surface area contributed by atoms with Crippen molar-refractivity contribution in [3.8, 4) is 0 Å². The first-order valence-electron chi connectivity index (χ1n) is 11.2. The third kappa shape index (κ3) is 4.22. The lowest BCUT2D eigenvalue weighted by Crippen LogP contribution is -2.46. The molecule has 2 heterocycles. The van der Waals surface area contributed by atoms with E-state index in [0.717, 1.165) is 15.3 Å². The third-order valence-electron chi connectivity index (χ3n) is 6.09.